The monoisotopic (exact) mass is 433 g/mol. The lowest BCUT2D eigenvalue weighted by atomic mass is 10.1. The zero-order valence-corrected chi connectivity index (χ0v) is 18.0. The van der Waals surface area contributed by atoms with Gasteiger partial charge < -0.3 is 23.9 Å². The molecule has 1 aliphatic heterocycles. The molecular formula is C23H23N5O4. The standard InChI is InChI=1S/C23H23N5O4/c1-23(2,3)32-22(30)28-11-16(12-28)31-15-6-7-18-17(10-15)21(29)26-20(25-18)19-9-14-5-4-8-27(14)13-24-19/h4-10,13,16H,11-12H2,1-3H3,(H,25,26,29). The van der Waals surface area contributed by atoms with Gasteiger partial charge in [-0.05, 0) is 57.2 Å². The molecule has 1 saturated heterocycles. The summed E-state index contributed by atoms with van der Waals surface area (Å²) in [6.07, 6.45) is 3.11. The van der Waals surface area contributed by atoms with E-state index in [1.165, 1.54) is 0 Å². The predicted molar refractivity (Wildman–Crippen MR) is 118 cm³/mol. The minimum Gasteiger partial charge on any atom is -0.493 e. The minimum atomic E-state index is -0.527. The van der Waals surface area contributed by atoms with Gasteiger partial charge in [0.1, 0.15) is 23.1 Å². The molecule has 0 bridgehead atoms. The van der Waals surface area contributed by atoms with Gasteiger partial charge in [0, 0.05) is 11.7 Å². The molecule has 1 aromatic carbocycles. The fourth-order valence-corrected chi connectivity index (χ4v) is 3.52. The van der Waals surface area contributed by atoms with Gasteiger partial charge >= 0.3 is 6.09 Å². The van der Waals surface area contributed by atoms with Gasteiger partial charge in [-0.15, -0.1) is 0 Å². The third-order valence-corrected chi connectivity index (χ3v) is 5.10. The van der Waals surface area contributed by atoms with Crippen molar-refractivity contribution >= 4 is 22.5 Å². The predicted octanol–water partition coefficient (Wildman–Crippen LogP) is 3.65. The van der Waals surface area contributed by atoms with Crippen molar-refractivity contribution in [3.05, 3.63) is 48.9 Å². The summed E-state index contributed by atoms with van der Waals surface area (Å²) in [4.78, 5) is 26.8. The highest BCUT2D eigenvalue weighted by Crippen LogP contribution is 2.30. The van der Waals surface area contributed by atoms with Crippen molar-refractivity contribution in [2.75, 3.05) is 13.1 Å². The highest BCUT2D eigenvalue weighted by atomic mass is 16.6. The molecule has 4 heterocycles. The molecule has 0 radical (unpaired) electrons. The number of nitrogens with zero attached hydrogens (tertiary/aromatic N) is 5. The van der Waals surface area contributed by atoms with Crippen LogP contribution in [0.1, 0.15) is 20.8 Å². The average Bonchev–Trinajstić information content (AvgIpc) is 3.17. The van der Waals surface area contributed by atoms with Crippen LogP contribution in [0.15, 0.2) is 48.9 Å². The second-order valence-corrected chi connectivity index (χ2v) is 8.79. The number of amides is 1. The van der Waals surface area contributed by atoms with Crippen molar-refractivity contribution in [3.8, 4) is 23.1 Å². The highest BCUT2D eigenvalue weighted by Gasteiger charge is 2.35. The van der Waals surface area contributed by atoms with Gasteiger partial charge in [0.15, 0.2) is 5.82 Å². The summed E-state index contributed by atoms with van der Waals surface area (Å²) in [6.45, 7) is 6.40. The van der Waals surface area contributed by atoms with Gasteiger partial charge in [-0.25, -0.2) is 14.8 Å². The number of aromatic nitrogens is 4. The Kier molecular flexibility index (Phi) is 4.61. The largest absolute Gasteiger partial charge is 0.493 e. The summed E-state index contributed by atoms with van der Waals surface area (Å²) >= 11 is 0. The van der Waals surface area contributed by atoms with Crippen LogP contribution in [0, 0.1) is 0 Å². The molecule has 0 spiro atoms. The number of likely N-dealkylation sites (tertiary alicyclic amines) is 1. The number of rotatable bonds is 3. The fraction of sp³-hybridized carbons (Fsp3) is 0.304. The van der Waals surface area contributed by atoms with Gasteiger partial charge in [-0.1, -0.05) is 0 Å². The van der Waals surface area contributed by atoms with Crippen LogP contribution in [0.25, 0.3) is 27.9 Å². The molecule has 0 atom stereocenters. The van der Waals surface area contributed by atoms with E-state index in [0.717, 1.165) is 5.52 Å². The molecule has 9 nitrogen and oxygen atoms in total. The molecule has 0 aliphatic carbocycles. The van der Waals surface area contributed by atoms with Gasteiger partial charge in [0.05, 0.1) is 30.3 Å². The zero-order valence-electron chi connectivity index (χ0n) is 18.0. The van der Waals surface area contributed by atoms with Crippen LogP contribution in [-0.2, 0) is 4.74 Å². The molecule has 0 saturated carbocycles. The van der Waals surface area contributed by atoms with Crippen molar-refractivity contribution < 1.29 is 19.4 Å². The van der Waals surface area contributed by atoms with Crippen LogP contribution in [0.3, 0.4) is 0 Å². The third kappa shape index (κ3) is 3.89. The van der Waals surface area contributed by atoms with Crippen LogP contribution in [-0.4, -0.2) is 60.2 Å². The SMILES string of the molecule is CC(C)(C)OC(=O)N1CC(Oc2ccc3nc(-c4cc5cccn5cn4)nc(O)c3c2)C1. The summed E-state index contributed by atoms with van der Waals surface area (Å²) < 4.78 is 13.2. The number of carbonyl (C=O) groups is 1. The molecule has 0 unspecified atom stereocenters. The first-order chi connectivity index (χ1) is 15.2. The Morgan fingerprint density at radius 3 is 2.75 bits per heavy atom. The smallest absolute Gasteiger partial charge is 0.410 e. The lowest BCUT2D eigenvalue weighted by Gasteiger charge is -2.39. The number of hydrogen-bond acceptors (Lipinski definition) is 7. The Morgan fingerprint density at radius 1 is 1.16 bits per heavy atom. The second-order valence-electron chi connectivity index (χ2n) is 8.79. The van der Waals surface area contributed by atoms with E-state index in [1.54, 1.807) is 29.4 Å². The molecule has 5 rings (SSSR count). The Labute approximate surface area is 184 Å². The molecule has 1 fully saturated rings. The maximum atomic E-state index is 12.1. The van der Waals surface area contributed by atoms with Gasteiger partial charge in [0.25, 0.3) is 0 Å². The van der Waals surface area contributed by atoms with E-state index in [1.807, 2.05) is 49.6 Å². The molecule has 4 aromatic rings. The van der Waals surface area contributed by atoms with Crippen LogP contribution >= 0.6 is 0 Å². The van der Waals surface area contributed by atoms with E-state index in [0.29, 0.717) is 41.3 Å². The minimum absolute atomic E-state index is 0.139. The topological polar surface area (TPSA) is 102 Å². The van der Waals surface area contributed by atoms with Crippen molar-refractivity contribution in [1.29, 1.82) is 0 Å². The Hall–Kier alpha value is -3.88. The Balaban J connectivity index is 1.31. The first-order valence-corrected chi connectivity index (χ1v) is 10.3. The van der Waals surface area contributed by atoms with Gasteiger partial charge in [-0.3, -0.25) is 0 Å². The molecular weight excluding hydrogens is 410 g/mol. The third-order valence-electron chi connectivity index (χ3n) is 5.10. The summed E-state index contributed by atoms with van der Waals surface area (Å²) in [5.74, 6) is 0.779. The lowest BCUT2D eigenvalue weighted by molar-refractivity contribution is -0.0221. The van der Waals surface area contributed by atoms with E-state index < -0.39 is 5.60 Å². The number of fused-ring (bicyclic) bond motifs is 2. The maximum absolute atomic E-state index is 12.1. The van der Waals surface area contributed by atoms with E-state index in [2.05, 4.69) is 15.0 Å². The quantitative estimate of drug-likeness (QED) is 0.526. The summed E-state index contributed by atoms with van der Waals surface area (Å²) in [7, 11) is 0. The van der Waals surface area contributed by atoms with Crippen LogP contribution in [0.5, 0.6) is 11.6 Å². The number of aromatic hydroxyl groups is 1. The van der Waals surface area contributed by atoms with Gasteiger partial charge in [-0.2, -0.15) is 4.98 Å². The van der Waals surface area contributed by atoms with Gasteiger partial charge in [0.2, 0.25) is 5.88 Å². The van der Waals surface area contributed by atoms with E-state index in [9.17, 15) is 9.90 Å². The van der Waals surface area contributed by atoms with E-state index >= 15 is 0 Å². The average molecular weight is 433 g/mol. The van der Waals surface area contributed by atoms with Crippen molar-refractivity contribution in [2.24, 2.45) is 0 Å². The van der Waals surface area contributed by atoms with Crippen LogP contribution in [0.2, 0.25) is 0 Å². The number of ether oxygens (including phenoxy) is 2. The number of carbonyl (C=O) groups excluding carboxylic acids is 1. The highest BCUT2D eigenvalue weighted by molar-refractivity contribution is 5.86. The Morgan fingerprint density at radius 2 is 1.97 bits per heavy atom. The summed E-state index contributed by atoms with van der Waals surface area (Å²) in [5.41, 5.74) is 1.59. The number of hydrogen-bond donors (Lipinski definition) is 1. The molecule has 9 heteroatoms. The molecule has 1 N–H and O–H groups in total. The first kappa shape index (κ1) is 20.0. The van der Waals surface area contributed by atoms with Crippen LogP contribution < -0.4 is 4.74 Å². The fourth-order valence-electron chi connectivity index (χ4n) is 3.52. The maximum Gasteiger partial charge on any atom is 0.410 e. The number of benzene rings is 1. The van der Waals surface area contributed by atoms with E-state index in [-0.39, 0.29) is 18.1 Å². The molecule has 3 aromatic heterocycles. The molecule has 164 valence electrons. The molecule has 1 amide bonds. The first-order valence-electron chi connectivity index (χ1n) is 10.3. The lowest BCUT2D eigenvalue weighted by Crippen LogP contribution is -2.57. The summed E-state index contributed by atoms with van der Waals surface area (Å²) in [5, 5.41) is 11.0. The van der Waals surface area contributed by atoms with Crippen molar-refractivity contribution in [3.63, 3.8) is 0 Å². The second kappa shape index (κ2) is 7.37. The zero-order chi connectivity index (χ0) is 22.5. The van der Waals surface area contributed by atoms with Crippen molar-refractivity contribution in [1.82, 2.24) is 24.3 Å². The van der Waals surface area contributed by atoms with Crippen molar-refractivity contribution in [2.45, 2.75) is 32.5 Å². The Bertz CT molecular complexity index is 1320. The van der Waals surface area contributed by atoms with E-state index in [4.69, 9.17) is 9.47 Å². The summed E-state index contributed by atoms with van der Waals surface area (Å²) in [6, 6.07) is 11.0. The van der Waals surface area contributed by atoms with Crippen LogP contribution in [0.4, 0.5) is 4.79 Å². The molecule has 1 aliphatic rings. The normalized spacial score (nSPS) is 14.5. The molecule has 32 heavy (non-hydrogen) atoms.